The van der Waals surface area contributed by atoms with Gasteiger partial charge in [0.05, 0.1) is 18.5 Å². The Bertz CT molecular complexity index is 913. The van der Waals surface area contributed by atoms with Gasteiger partial charge < -0.3 is 4.74 Å². The summed E-state index contributed by atoms with van der Waals surface area (Å²) < 4.78 is 19.6. The Labute approximate surface area is 144 Å². The first kappa shape index (κ1) is 16.6. The van der Waals surface area contributed by atoms with Crippen LogP contribution in [-0.2, 0) is 0 Å². The van der Waals surface area contributed by atoms with Crippen LogP contribution in [0.3, 0.4) is 0 Å². The van der Waals surface area contributed by atoms with E-state index in [1.165, 1.54) is 22.9 Å². The minimum atomic E-state index is -0.333. The molecule has 1 heterocycles. The highest BCUT2D eigenvalue weighted by Crippen LogP contribution is 2.15. The first-order valence-corrected chi connectivity index (χ1v) is 7.63. The van der Waals surface area contributed by atoms with Crippen molar-refractivity contribution in [2.75, 3.05) is 7.11 Å². The summed E-state index contributed by atoms with van der Waals surface area (Å²) in [6, 6.07) is 13.2. The quantitative estimate of drug-likeness (QED) is 0.527. The number of hydrogen-bond acceptors (Lipinski definition) is 4. The number of nitrogens with zero attached hydrogens (tertiary/aromatic N) is 3. The van der Waals surface area contributed by atoms with Gasteiger partial charge in [-0.15, -0.1) is 5.10 Å². The highest BCUT2D eigenvalue weighted by atomic mass is 19.1. The van der Waals surface area contributed by atoms with Crippen molar-refractivity contribution in [1.29, 1.82) is 0 Å². The molecule has 0 unspecified atom stereocenters. The second-order valence-corrected chi connectivity index (χ2v) is 5.38. The lowest BCUT2D eigenvalue weighted by molar-refractivity contribution is 0.104. The number of allylic oxidation sites excluding steroid dienone is 1. The maximum absolute atomic E-state index is 13.0. The van der Waals surface area contributed by atoms with Crippen molar-refractivity contribution < 1.29 is 13.9 Å². The summed E-state index contributed by atoms with van der Waals surface area (Å²) in [5, 5.41) is 7.94. The number of hydrogen-bond donors (Lipinski definition) is 0. The maximum Gasteiger partial charge on any atom is 0.208 e. The molecule has 0 aliphatic rings. The number of ether oxygens (including phenoxy) is 1. The van der Waals surface area contributed by atoms with E-state index < -0.39 is 0 Å². The summed E-state index contributed by atoms with van der Waals surface area (Å²) in [4.78, 5) is 12.4. The summed E-state index contributed by atoms with van der Waals surface area (Å²) in [6.07, 6.45) is 3.16. The molecule has 3 aromatic rings. The van der Waals surface area contributed by atoms with E-state index in [1.807, 2.05) is 24.3 Å². The molecule has 0 fully saturated rings. The van der Waals surface area contributed by atoms with Crippen molar-refractivity contribution in [3.63, 3.8) is 0 Å². The lowest BCUT2D eigenvalue weighted by atomic mass is 10.1. The van der Waals surface area contributed by atoms with E-state index in [2.05, 4.69) is 10.3 Å². The van der Waals surface area contributed by atoms with Crippen molar-refractivity contribution in [1.82, 2.24) is 15.0 Å². The number of ketones is 1. The standard InChI is InChI=1S/C19H16FN3O2/c1-13-19(21-22-23(13)16-8-6-15(20)7-9-16)18(24)12-5-14-3-10-17(25-2)11-4-14/h3-12H,1-2H3/b12-5+. The zero-order chi connectivity index (χ0) is 17.8. The van der Waals surface area contributed by atoms with E-state index in [0.29, 0.717) is 11.4 Å². The third-order valence-electron chi connectivity index (χ3n) is 3.74. The number of carbonyl (C=O) groups is 1. The Hall–Kier alpha value is -3.28. The van der Waals surface area contributed by atoms with Crippen LogP contribution in [0, 0.1) is 12.7 Å². The average Bonchev–Trinajstić information content (AvgIpc) is 3.02. The van der Waals surface area contributed by atoms with Gasteiger partial charge in [-0.3, -0.25) is 4.79 Å². The van der Waals surface area contributed by atoms with E-state index in [0.717, 1.165) is 11.3 Å². The van der Waals surface area contributed by atoms with Gasteiger partial charge in [0, 0.05) is 0 Å². The summed E-state index contributed by atoms with van der Waals surface area (Å²) >= 11 is 0. The van der Waals surface area contributed by atoms with Gasteiger partial charge in [0.1, 0.15) is 11.6 Å². The van der Waals surface area contributed by atoms with Crippen LogP contribution in [0.1, 0.15) is 21.7 Å². The monoisotopic (exact) mass is 337 g/mol. The molecule has 0 aliphatic carbocycles. The van der Waals surface area contributed by atoms with Crippen LogP contribution < -0.4 is 4.74 Å². The van der Waals surface area contributed by atoms with Crippen molar-refractivity contribution in [3.8, 4) is 11.4 Å². The molecule has 6 heteroatoms. The van der Waals surface area contributed by atoms with Gasteiger partial charge in [0.15, 0.2) is 5.69 Å². The molecular formula is C19H16FN3O2. The number of methoxy groups -OCH3 is 1. The van der Waals surface area contributed by atoms with Gasteiger partial charge >= 0.3 is 0 Å². The molecule has 0 bridgehead atoms. The van der Waals surface area contributed by atoms with Gasteiger partial charge in [0.25, 0.3) is 0 Å². The lowest BCUT2D eigenvalue weighted by Crippen LogP contribution is -2.02. The lowest BCUT2D eigenvalue weighted by Gasteiger charge is -2.02. The highest BCUT2D eigenvalue weighted by Gasteiger charge is 2.15. The Morgan fingerprint density at radius 3 is 2.44 bits per heavy atom. The number of rotatable bonds is 5. The van der Waals surface area contributed by atoms with Gasteiger partial charge in [-0.05, 0) is 55.0 Å². The zero-order valence-corrected chi connectivity index (χ0v) is 13.8. The van der Waals surface area contributed by atoms with Crippen LogP contribution in [-0.4, -0.2) is 27.9 Å². The third kappa shape index (κ3) is 3.63. The summed E-state index contributed by atoms with van der Waals surface area (Å²) in [7, 11) is 1.60. The molecule has 0 spiro atoms. The van der Waals surface area contributed by atoms with Crippen LogP contribution in [0.25, 0.3) is 11.8 Å². The van der Waals surface area contributed by atoms with Crippen molar-refractivity contribution >= 4 is 11.9 Å². The second-order valence-electron chi connectivity index (χ2n) is 5.38. The molecule has 0 radical (unpaired) electrons. The number of halogens is 1. The third-order valence-corrected chi connectivity index (χ3v) is 3.74. The maximum atomic E-state index is 13.0. The van der Waals surface area contributed by atoms with Crippen LogP contribution in [0.4, 0.5) is 4.39 Å². The van der Waals surface area contributed by atoms with Gasteiger partial charge in [0.2, 0.25) is 5.78 Å². The summed E-state index contributed by atoms with van der Waals surface area (Å²) in [5.74, 6) is 0.170. The number of benzene rings is 2. The van der Waals surface area contributed by atoms with Gasteiger partial charge in [-0.2, -0.15) is 0 Å². The molecule has 0 aliphatic heterocycles. The Morgan fingerprint density at radius 2 is 1.80 bits per heavy atom. The summed E-state index contributed by atoms with van der Waals surface area (Å²) in [6.45, 7) is 1.75. The molecule has 0 amide bonds. The fourth-order valence-corrected chi connectivity index (χ4v) is 2.35. The average molecular weight is 337 g/mol. The molecule has 0 saturated carbocycles. The Balaban J connectivity index is 1.80. The van der Waals surface area contributed by atoms with Crippen molar-refractivity contribution in [2.45, 2.75) is 6.92 Å². The second kappa shape index (κ2) is 7.09. The first-order chi connectivity index (χ1) is 12.1. The van der Waals surface area contributed by atoms with Crippen molar-refractivity contribution in [2.24, 2.45) is 0 Å². The molecule has 2 aromatic carbocycles. The predicted molar refractivity (Wildman–Crippen MR) is 92.4 cm³/mol. The SMILES string of the molecule is COc1ccc(/C=C/C(=O)c2nnn(-c3ccc(F)cc3)c2C)cc1. The smallest absolute Gasteiger partial charge is 0.208 e. The van der Waals surface area contributed by atoms with E-state index in [4.69, 9.17) is 4.74 Å². The molecule has 0 saturated heterocycles. The van der Waals surface area contributed by atoms with E-state index in [1.54, 1.807) is 32.2 Å². The molecule has 0 atom stereocenters. The normalized spacial score (nSPS) is 11.0. The fourth-order valence-electron chi connectivity index (χ4n) is 2.35. The summed E-state index contributed by atoms with van der Waals surface area (Å²) in [5.41, 5.74) is 2.37. The fraction of sp³-hybridized carbons (Fsp3) is 0.105. The van der Waals surface area contributed by atoms with Crippen LogP contribution in [0.5, 0.6) is 5.75 Å². The molecule has 1 aromatic heterocycles. The minimum Gasteiger partial charge on any atom is -0.497 e. The number of carbonyl (C=O) groups excluding carboxylic acids is 1. The van der Waals surface area contributed by atoms with E-state index >= 15 is 0 Å². The van der Waals surface area contributed by atoms with E-state index in [-0.39, 0.29) is 17.3 Å². The minimum absolute atomic E-state index is 0.248. The Kier molecular flexibility index (Phi) is 4.70. The molecule has 5 nitrogen and oxygen atoms in total. The first-order valence-electron chi connectivity index (χ1n) is 7.63. The molecule has 126 valence electrons. The van der Waals surface area contributed by atoms with Crippen molar-refractivity contribution in [3.05, 3.63) is 77.4 Å². The zero-order valence-electron chi connectivity index (χ0n) is 13.8. The Morgan fingerprint density at radius 1 is 1.12 bits per heavy atom. The molecule has 25 heavy (non-hydrogen) atoms. The molecule has 3 rings (SSSR count). The topological polar surface area (TPSA) is 57.0 Å². The highest BCUT2D eigenvalue weighted by molar-refractivity contribution is 6.06. The number of aromatic nitrogens is 3. The predicted octanol–water partition coefficient (Wildman–Crippen LogP) is 3.62. The molecule has 0 N–H and O–H groups in total. The van der Waals surface area contributed by atoms with Crippen LogP contribution in [0.2, 0.25) is 0 Å². The van der Waals surface area contributed by atoms with Crippen LogP contribution in [0.15, 0.2) is 54.6 Å². The van der Waals surface area contributed by atoms with E-state index in [9.17, 15) is 9.18 Å². The van der Waals surface area contributed by atoms with Gasteiger partial charge in [-0.25, -0.2) is 9.07 Å². The van der Waals surface area contributed by atoms with Gasteiger partial charge in [-0.1, -0.05) is 23.4 Å². The van der Waals surface area contributed by atoms with Crippen LogP contribution >= 0.6 is 0 Å². The molecular weight excluding hydrogens is 321 g/mol. The largest absolute Gasteiger partial charge is 0.497 e.